The number of ether oxygens (including phenoxy) is 1. The molecule has 1 aliphatic heterocycles. The molecule has 0 bridgehead atoms. The smallest absolute Gasteiger partial charge is 0.262 e. The largest absolute Gasteiger partial charge is 0.478 e. The van der Waals surface area contributed by atoms with Gasteiger partial charge in [-0.2, -0.15) is 5.26 Å². The topological polar surface area (TPSA) is 65.4 Å². The van der Waals surface area contributed by atoms with Crippen LogP contribution in [0.5, 0.6) is 5.75 Å². The second-order valence-electron chi connectivity index (χ2n) is 8.17. The van der Waals surface area contributed by atoms with Crippen LogP contribution in [0.15, 0.2) is 57.9 Å². The van der Waals surface area contributed by atoms with Crippen LogP contribution in [0.2, 0.25) is 0 Å². The maximum absolute atomic E-state index is 13.6. The Morgan fingerprint density at radius 3 is 2.75 bits per heavy atom. The van der Waals surface area contributed by atoms with Crippen molar-refractivity contribution in [2.24, 2.45) is 5.92 Å². The van der Waals surface area contributed by atoms with Gasteiger partial charge in [-0.1, -0.05) is 55.8 Å². The summed E-state index contributed by atoms with van der Waals surface area (Å²) in [4.78, 5) is 16.4. The molecule has 1 aliphatic carbocycles. The van der Waals surface area contributed by atoms with Gasteiger partial charge in [-0.25, -0.2) is 0 Å². The van der Waals surface area contributed by atoms with Gasteiger partial charge in [0.2, 0.25) is 0 Å². The molecule has 2 aliphatic rings. The van der Waals surface area contributed by atoms with Crippen molar-refractivity contribution in [3.63, 3.8) is 0 Å². The monoisotopic (exact) mass is 511 g/mol. The highest BCUT2D eigenvalue weighted by Gasteiger charge is 2.42. The summed E-state index contributed by atoms with van der Waals surface area (Å²) in [6.45, 7) is 2.26. The third kappa shape index (κ3) is 5.13. The van der Waals surface area contributed by atoms with Crippen molar-refractivity contribution >= 4 is 45.4 Å². The molecule has 2 fully saturated rings. The lowest BCUT2D eigenvalue weighted by atomic mass is 9.85. The molecule has 0 aromatic heterocycles. The predicted octanol–water partition coefficient (Wildman–Crippen LogP) is 6.24. The number of amides is 1. The van der Waals surface area contributed by atoms with Crippen molar-refractivity contribution in [3.05, 3.63) is 63.5 Å². The van der Waals surface area contributed by atoms with E-state index < -0.39 is 0 Å². The molecule has 7 heteroatoms. The number of carbonyl (C=O) groups excluding carboxylic acids is 1. The first-order chi connectivity index (χ1) is 15.6. The summed E-state index contributed by atoms with van der Waals surface area (Å²) < 4.78 is 6.16. The highest BCUT2D eigenvalue weighted by Crippen LogP contribution is 2.42. The van der Waals surface area contributed by atoms with E-state index in [1.165, 1.54) is 6.42 Å². The quantitative estimate of drug-likeness (QED) is 0.464. The molecule has 166 valence electrons. The van der Waals surface area contributed by atoms with Crippen molar-refractivity contribution in [1.82, 2.24) is 4.90 Å². The zero-order chi connectivity index (χ0) is 22.5. The molecule has 2 aromatic rings. The van der Waals surface area contributed by atoms with Crippen LogP contribution in [0.1, 0.15) is 38.2 Å². The van der Waals surface area contributed by atoms with E-state index in [0.717, 1.165) is 39.9 Å². The predicted molar refractivity (Wildman–Crippen MR) is 133 cm³/mol. The summed E-state index contributed by atoms with van der Waals surface area (Å²) in [5.74, 6) is 1.18. The Bertz CT molecular complexity index is 1040. The SMILES string of the molecule is C[C@@H]1CCCC[C@H]1N1C(=O)/C(=C/c2ccc(OCC#N)c(Br)c2)SC1Nc1ccccc1. The van der Waals surface area contributed by atoms with Crippen molar-refractivity contribution in [2.75, 3.05) is 11.9 Å². The standard InChI is InChI=1S/C25H26BrN3O2S/c1-17-7-5-6-10-21(17)29-24(30)23(32-25(29)28-19-8-3-2-4-9-19)16-18-11-12-22(20(26)15-18)31-14-13-27/h2-4,8-9,11-12,15-17,21,25,28H,5-7,10,14H2,1H3/b23-16-/t17-,21-,25?/m1/s1. The Balaban J connectivity index is 1.61. The molecule has 0 spiro atoms. The first-order valence-corrected chi connectivity index (χ1v) is 12.6. The molecular formula is C25H26BrN3O2S. The molecule has 1 unspecified atom stereocenters. The number of anilines is 1. The first-order valence-electron chi connectivity index (χ1n) is 10.9. The Hall–Kier alpha value is -2.43. The number of benzene rings is 2. The number of halogens is 1. The molecule has 4 rings (SSSR count). The van der Waals surface area contributed by atoms with E-state index in [-0.39, 0.29) is 24.1 Å². The molecule has 5 nitrogen and oxygen atoms in total. The van der Waals surface area contributed by atoms with E-state index >= 15 is 0 Å². The summed E-state index contributed by atoms with van der Waals surface area (Å²) >= 11 is 5.08. The Morgan fingerprint density at radius 2 is 2.03 bits per heavy atom. The third-order valence-electron chi connectivity index (χ3n) is 5.97. The number of hydrogen-bond acceptors (Lipinski definition) is 5. The molecule has 1 heterocycles. The number of nitrogens with zero attached hydrogens (tertiary/aromatic N) is 2. The van der Waals surface area contributed by atoms with E-state index in [2.05, 4.69) is 33.1 Å². The molecule has 0 radical (unpaired) electrons. The summed E-state index contributed by atoms with van der Waals surface area (Å²) in [5.41, 5.74) is 1.78. The number of para-hydroxylation sites is 1. The van der Waals surface area contributed by atoms with Crippen LogP contribution in [0.25, 0.3) is 6.08 Å². The maximum Gasteiger partial charge on any atom is 0.262 e. The third-order valence-corrected chi connectivity index (χ3v) is 7.70. The minimum atomic E-state index is -0.136. The van der Waals surface area contributed by atoms with E-state index in [4.69, 9.17) is 10.00 Å². The average molecular weight is 512 g/mol. The number of nitrogens with one attached hydrogen (secondary N) is 1. The number of hydrogen-bond donors (Lipinski definition) is 1. The van der Waals surface area contributed by atoms with Gasteiger partial charge < -0.3 is 15.0 Å². The van der Waals surface area contributed by atoms with Crippen LogP contribution < -0.4 is 10.1 Å². The zero-order valence-corrected chi connectivity index (χ0v) is 20.4. The van der Waals surface area contributed by atoms with E-state index in [9.17, 15) is 4.79 Å². The molecule has 1 N–H and O–H groups in total. The minimum absolute atomic E-state index is 0.00522. The van der Waals surface area contributed by atoms with Crippen LogP contribution in [-0.2, 0) is 4.79 Å². The van der Waals surface area contributed by atoms with Gasteiger partial charge in [-0.05, 0) is 70.6 Å². The second-order valence-corrected chi connectivity index (χ2v) is 10.1. The van der Waals surface area contributed by atoms with E-state index in [1.807, 2.05) is 60.7 Å². The van der Waals surface area contributed by atoms with Gasteiger partial charge in [0.05, 0.1) is 9.38 Å². The summed E-state index contributed by atoms with van der Waals surface area (Å²) in [6, 6.07) is 17.9. The van der Waals surface area contributed by atoms with Gasteiger partial charge in [-0.3, -0.25) is 4.79 Å². The highest BCUT2D eigenvalue weighted by atomic mass is 79.9. The van der Waals surface area contributed by atoms with Crippen LogP contribution >= 0.6 is 27.7 Å². The fraction of sp³-hybridized carbons (Fsp3) is 0.360. The molecule has 1 amide bonds. The average Bonchev–Trinajstić information content (AvgIpc) is 3.08. The summed E-state index contributed by atoms with van der Waals surface area (Å²) in [7, 11) is 0. The van der Waals surface area contributed by atoms with Gasteiger partial charge in [-0.15, -0.1) is 0 Å². The van der Waals surface area contributed by atoms with Crippen LogP contribution in [0.3, 0.4) is 0 Å². The number of thioether (sulfide) groups is 1. The molecule has 3 atom stereocenters. The Morgan fingerprint density at radius 1 is 1.25 bits per heavy atom. The van der Waals surface area contributed by atoms with Gasteiger partial charge in [0.1, 0.15) is 11.8 Å². The van der Waals surface area contributed by atoms with E-state index in [0.29, 0.717) is 11.7 Å². The number of nitriles is 1. The number of carbonyl (C=O) groups is 1. The molecule has 1 saturated carbocycles. The zero-order valence-electron chi connectivity index (χ0n) is 18.0. The van der Waals surface area contributed by atoms with Crippen LogP contribution in [0.4, 0.5) is 5.69 Å². The number of rotatable bonds is 6. The second kappa shape index (κ2) is 10.5. The van der Waals surface area contributed by atoms with Gasteiger partial charge in [0, 0.05) is 11.7 Å². The van der Waals surface area contributed by atoms with Crippen molar-refractivity contribution < 1.29 is 9.53 Å². The normalized spacial score (nSPS) is 24.4. The Kier molecular flexibility index (Phi) is 7.44. The molecular weight excluding hydrogens is 486 g/mol. The minimum Gasteiger partial charge on any atom is -0.478 e. The first kappa shape index (κ1) is 22.8. The highest BCUT2D eigenvalue weighted by molar-refractivity contribution is 9.10. The summed E-state index contributed by atoms with van der Waals surface area (Å²) in [6.07, 6.45) is 6.55. The molecule has 2 aromatic carbocycles. The van der Waals surface area contributed by atoms with Gasteiger partial charge in [0.25, 0.3) is 5.91 Å². The lowest BCUT2D eigenvalue weighted by molar-refractivity contribution is -0.129. The van der Waals surface area contributed by atoms with Gasteiger partial charge >= 0.3 is 0 Å². The van der Waals surface area contributed by atoms with Crippen LogP contribution in [0, 0.1) is 17.2 Å². The maximum atomic E-state index is 13.6. The van der Waals surface area contributed by atoms with Crippen molar-refractivity contribution in [2.45, 2.75) is 44.1 Å². The van der Waals surface area contributed by atoms with Gasteiger partial charge in [0.15, 0.2) is 12.1 Å². The lowest BCUT2D eigenvalue weighted by Gasteiger charge is -2.39. The van der Waals surface area contributed by atoms with Crippen molar-refractivity contribution in [1.29, 1.82) is 5.26 Å². The molecule has 1 saturated heterocycles. The molecule has 32 heavy (non-hydrogen) atoms. The fourth-order valence-corrected chi connectivity index (χ4v) is 6.08. The van der Waals surface area contributed by atoms with Crippen molar-refractivity contribution in [3.8, 4) is 11.8 Å². The Labute approximate surface area is 201 Å². The van der Waals surface area contributed by atoms with Crippen LogP contribution in [-0.4, -0.2) is 29.0 Å². The summed E-state index contributed by atoms with van der Waals surface area (Å²) in [5, 5.41) is 12.3. The lowest BCUT2D eigenvalue weighted by Crippen LogP contribution is -2.48. The fourth-order valence-electron chi connectivity index (χ4n) is 4.35. The van der Waals surface area contributed by atoms with E-state index in [1.54, 1.807) is 11.8 Å².